The zero-order chi connectivity index (χ0) is 28.9. The maximum Gasteiger partial charge on any atom is 0.573 e. The van der Waals surface area contributed by atoms with Gasteiger partial charge in [-0.15, -0.1) is 24.9 Å². The summed E-state index contributed by atoms with van der Waals surface area (Å²) < 4.78 is 119. The molecule has 0 saturated carbocycles. The summed E-state index contributed by atoms with van der Waals surface area (Å²) in [7, 11) is 1.04. The molecular formula is C25H17F8NO4S. The Morgan fingerprint density at radius 1 is 1.05 bits per heavy atom. The molecule has 1 unspecified atom stereocenters. The lowest BCUT2D eigenvalue weighted by molar-refractivity contribution is -0.275. The van der Waals surface area contributed by atoms with Crippen LogP contribution in [0.25, 0.3) is 11.1 Å². The number of pyridine rings is 1. The van der Waals surface area contributed by atoms with Crippen molar-refractivity contribution < 1.29 is 49.4 Å². The summed E-state index contributed by atoms with van der Waals surface area (Å²) in [5, 5.41) is 0.0242. The van der Waals surface area contributed by atoms with Gasteiger partial charge in [-0.1, -0.05) is 18.2 Å². The fourth-order valence-electron chi connectivity index (χ4n) is 4.42. The molecule has 0 amide bonds. The highest BCUT2D eigenvalue weighted by Gasteiger charge is 2.39. The van der Waals surface area contributed by atoms with E-state index in [2.05, 4.69) is 4.74 Å². The van der Waals surface area contributed by atoms with Crippen LogP contribution in [0.2, 0.25) is 0 Å². The summed E-state index contributed by atoms with van der Waals surface area (Å²) in [6, 6.07) is 3.74. The molecule has 0 N–H and O–H groups in total. The number of benzene rings is 2. The van der Waals surface area contributed by atoms with Crippen LogP contribution in [-0.4, -0.2) is 29.8 Å². The quantitative estimate of drug-likeness (QED) is 0.258. The Morgan fingerprint density at radius 2 is 1.72 bits per heavy atom. The number of ether oxygens (including phenoxy) is 2. The van der Waals surface area contributed by atoms with Gasteiger partial charge in [0.25, 0.3) is 5.56 Å². The van der Waals surface area contributed by atoms with Crippen LogP contribution in [0.3, 0.4) is 0 Å². The van der Waals surface area contributed by atoms with E-state index < -0.39 is 76.2 Å². The number of thioether (sulfide) groups is 1. The fraction of sp³-hybridized carbons (Fsp3) is 0.280. The van der Waals surface area contributed by atoms with E-state index in [9.17, 15) is 40.3 Å². The monoisotopic (exact) mass is 579 g/mol. The number of carbonyl (C=O) groups excluding carboxylic acids is 1. The van der Waals surface area contributed by atoms with Crippen molar-refractivity contribution in [2.24, 2.45) is 0 Å². The summed E-state index contributed by atoms with van der Waals surface area (Å²) >= 11 is 0.923. The van der Waals surface area contributed by atoms with Crippen LogP contribution in [0.1, 0.15) is 28.3 Å². The molecule has 1 atom stereocenters. The minimum atomic E-state index is -5.27. The SMILES string of the molecule is COC(=O)C1CSc2c(Cc3c(F)cccc3C(F)(F)F)c(C)c(-c3cccc(OC(F)(F)F)c3F)c(=O)n21. The second kappa shape index (κ2) is 10.2. The van der Waals surface area contributed by atoms with E-state index >= 15 is 4.39 Å². The van der Waals surface area contributed by atoms with E-state index in [1.54, 1.807) is 0 Å². The van der Waals surface area contributed by atoms with Gasteiger partial charge in [0.1, 0.15) is 11.9 Å². The molecule has 0 radical (unpaired) electrons. The molecule has 0 aliphatic carbocycles. The summed E-state index contributed by atoms with van der Waals surface area (Å²) in [4.78, 5) is 26.0. The Bertz CT molecular complexity index is 1510. The van der Waals surface area contributed by atoms with E-state index in [-0.39, 0.29) is 21.9 Å². The fourth-order valence-corrected chi connectivity index (χ4v) is 5.77. The molecule has 39 heavy (non-hydrogen) atoms. The van der Waals surface area contributed by atoms with Crippen LogP contribution >= 0.6 is 11.8 Å². The average Bonchev–Trinajstić information content (AvgIpc) is 3.28. The topological polar surface area (TPSA) is 57.5 Å². The number of alkyl halides is 6. The van der Waals surface area contributed by atoms with E-state index in [4.69, 9.17) is 4.74 Å². The van der Waals surface area contributed by atoms with Gasteiger partial charge in [0.15, 0.2) is 11.6 Å². The Morgan fingerprint density at radius 3 is 2.33 bits per heavy atom. The second-order valence-electron chi connectivity index (χ2n) is 8.41. The third kappa shape index (κ3) is 5.34. The van der Waals surface area contributed by atoms with Crippen molar-refractivity contribution in [2.75, 3.05) is 12.9 Å². The summed E-state index contributed by atoms with van der Waals surface area (Å²) in [6.45, 7) is 1.25. The highest BCUT2D eigenvalue weighted by molar-refractivity contribution is 7.99. The van der Waals surface area contributed by atoms with Crippen molar-refractivity contribution in [1.82, 2.24) is 4.57 Å². The van der Waals surface area contributed by atoms with Crippen molar-refractivity contribution in [1.29, 1.82) is 0 Å². The summed E-state index contributed by atoms with van der Waals surface area (Å²) in [5.41, 5.74) is -4.38. The number of hydrogen-bond donors (Lipinski definition) is 0. The van der Waals surface area contributed by atoms with E-state index in [1.165, 1.54) is 6.92 Å². The molecule has 4 rings (SSSR count). The zero-order valence-corrected chi connectivity index (χ0v) is 20.8. The van der Waals surface area contributed by atoms with Crippen molar-refractivity contribution in [2.45, 2.75) is 37.0 Å². The Balaban J connectivity index is 2.03. The smallest absolute Gasteiger partial charge is 0.467 e. The Kier molecular flexibility index (Phi) is 7.45. The number of fused-ring (bicyclic) bond motifs is 1. The lowest BCUT2D eigenvalue weighted by Crippen LogP contribution is -2.32. The summed E-state index contributed by atoms with van der Waals surface area (Å²) in [6.07, 6.45) is -10.9. The molecule has 1 aliphatic heterocycles. The molecule has 1 aromatic heterocycles. The van der Waals surface area contributed by atoms with E-state index in [1.807, 2.05) is 0 Å². The van der Waals surface area contributed by atoms with Crippen molar-refractivity contribution in [3.63, 3.8) is 0 Å². The van der Waals surface area contributed by atoms with Gasteiger partial charge in [0.2, 0.25) is 0 Å². The largest absolute Gasteiger partial charge is 0.573 e. The molecule has 5 nitrogen and oxygen atoms in total. The molecule has 2 heterocycles. The average molecular weight is 579 g/mol. The van der Waals surface area contributed by atoms with Crippen molar-refractivity contribution in [3.05, 3.63) is 80.6 Å². The van der Waals surface area contributed by atoms with Crippen LogP contribution in [-0.2, 0) is 22.1 Å². The minimum absolute atomic E-state index is 0.0242. The number of nitrogens with zero attached hydrogens (tertiary/aromatic N) is 1. The van der Waals surface area contributed by atoms with Crippen LogP contribution in [0.15, 0.2) is 46.2 Å². The molecule has 14 heteroatoms. The van der Waals surface area contributed by atoms with Gasteiger partial charge in [-0.3, -0.25) is 9.36 Å². The number of halogens is 8. The van der Waals surface area contributed by atoms with E-state index in [0.717, 1.165) is 47.7 Å². The predicted molar refractivity (Wildman–Crippen MR) is 124 cm³/mol. The number of carbonyl (C=O) groups is 1. The molecule has 0 saturated heterocycles. The Labute approximate surface area is 219 Å². The minimum Gasteiger partial charge on any atom is -0.467 e. The third-order valence-corrected chi connectivity index (χ3v) is 7.34. The molecule has 0 fully saturated rings. The highest BCUT2D eigenvalue weighted by atomic mass is 32.2. The molecule has 0 bridgehead atoms. The first kappa shape index (κ1) is 28.5. The number of aromatic nitrogens is 1. The van der Waals surface area contributed by atoms with Gasteiger partial charge >= 0.3 is 18.5 Å². The molecular weight excluding hydrogens is 562 g/mol. The van der Waals surface area contributed by atoms with Gasteiger partial charge in [-0.25, -0.2) is 13.6 Å². The van der Waals surface area contributed by atoms with Crippen LogP contribution in [0, 0.1) is 18.6 Å². The molecule has 0 spiro atoms. The van der Waals surface area contributed by atoms with Crippen molar-refractivity contribution >= 4 is 17.7 Å². The van der Waals surface area contributed by atoms with E-state index in [0.29, 0.717) is 12.1 Å². The predicted octanol–water partition coefficient (Wildman–Crippen LogP) is 6.43. The van der Waals surface area contributed by atoms with Gasteiger partial charge in [0.05, 0.1) is 23.3 Å². The number of hydrogen-bond acceptors (Lipinski definition) is 5. The third-order valence-electron chi connectivity index (χ3n) is 6.14. The van der Waals surface area contributed by atoms with Gasteiger partial charge < -0.3 is 9.47 Å². The van der Waals surface area contributed by atoms with Crippen LogP contribution in [0.4, 0.5) is 35.1 Å². The van der Waals surface area contributed by atoms with Crippen LogP contribution in [0.5, 0.6) is 5.75 Å². The van der Waals surface area contributed by atoms with Crippen molar-refractivity contribution in [3.8, 4) is 16.9 Å². The Hall–Kier alpha value is -3.55. The maximum absolute atomic E-state index is 15.3. The molecule has 2 aromatic carbocycles. The summed E-state index contributed by atoms with van der Waals surface area (Å²) in [5.74, 6) is -4.99. The number of methoxy groups -OCH3 is 1. The first-order chi connectivity index (χ1) is 18.2. The normalized spacial score (nSPS) is 15.3. The first-order valence-electron chi connectivity index (χ1n) is 11.0. The number of esters is 1. The standard InChI is InChI=1S/C25H17F8NO4S/c1-11-13(9-14-15(24(28,29)30)6-4-7-16(14)26)22-34(17(10-39-22)23(36)37-2)21(35)19(11)12-5-3-8-18(20(12)27)38-25(31,32)33/h3-8,17H,9-10H2,1-2H3. The molecule has 3 aromatic rings. The number of rotatable bonds is 5. The lowest BCUT2D eigenvalue weighted by Gasteiger charge is -2.21. The first-order valence-corrected chi connectivity index (χ1v) is 12.0. The van der Waals surface area contributed by atoms with Gasteiger partial charge in [-0.05, 0) is 36.2 Å². The lowest BCUT2D eigenvalue weighted by atomic mass is 9.92. The highest BCUT2D eigenvalue weighted by Crippen LogP contribution is 2.42. The maximum atomic E-state index is 15.3. The molecule has 1 aliphatic rings. The second-order valence-corrected chi connectivity index (χ2v) is 9.42. The zero-order valence-electron chi connectivity index (χ0n) is 20.0. The van der Waals surface area contributed by atoms with Gasteiger partial charge in [0, 0.05) is 23.3 Å². The molecule has 208 valence electrons. The van der Waals surface area contributed by atoms with Crippen LogP contribution < -0.4 is 10.3 Å². The van der Waals surface area contributed by atoms with Gasteiger partial charge in [-0.2, -0.15) is 13.2 Å².